The highest BCUT2D eigenvalue weighted by Crippen LogP contribution is 2.15. The Bertz CT molecular complexity index is 433. The van der Waals surface area contributed by atoms with Gasteiger partial charge in [-0.05, 0) is 5.92 Å². The Hall–Kier alpha value is -1.09. The molecule has 0 fully saturated rings. The monoisotopic (exact) mass is 195 g/mol. The topological polar surface area (TPSA) is 30.2 Å². The highest BCUT2D eigenvalue weighted by molar-refractivity contribution is 6.30. The number of hydrogen-bond acceptors (Lipinski definition) is 2. The van der Waals surface area contributed by atoms with Crippen LogP contribution < -0.4 is 0 Å². The van der Waals surface area contributed by atoms with E-state index in [4.69, 9.17) is 11.6 Å². The second kappa shape index (κ2) is 3.00. The molecule has 0 N–H and O–H groups in total. The molecule has 0 unspecified atom stereocenters. The van der Waals surface area contributed by atoms with E-state index in [0.717, 1.165) is 11.3 Å². The Morgan fingerprint density at radius 1 is 1.46 bits per heavy atom. The van der Waals surface area contributed by atoms with E-state index in [1.54, 1.807) is 16.9 Å². The number of aromatic nitrogens is 3. The molecule has 0 saturated carbocycles. The lowest BCUT2D eigenvalue weighted by Gasteiger charge is -1.95. The third-order valence-corrected chi connectivity index (χ3v) is 2.09. The summed E-state index contributed by atoms with van der Waals surface area (Å²) in [4.78, 5) is 4.15. The number of hydrogen-bond donors (Lipinski definition) is 0. The predicted molar refractivity (Wildman–Crippen MR) is 52.1 cm³/mol. The first-order valence-electron chi connectivity index (χ1n) is 4.17. The molecule has 0 aliphatic rings. The van der Waals surface area contributed by atoms with Gasteiger partial charge in [0.25, 0.3) is 0 Å². The molecule has 4 heteroatoms. The maximum absolute atomic E-state index is 5.78. The maximum Gasteiger partial charge on any atom is 0.155 e. The summed E-state index contributed by atoms with van der Waals surface area (Å²) in [6, 6.07) is 1.97. The zero-order valence-corrected chi connectivity index (χ0v) is 8.28. The Kier molecular flexibility index (Phi) is 1.96. The maximum atomic E-state index is 5.78. The van der Waals surface area contributed by atoms with Crippen molar-refractivity contribution in [2.24, 2.45) is 0 Å². The Labute approximate surface area is 81.4 Å². The summed E-state index contributed by atoms with van der Waals surface area (Å²) in [6.45, 7) is 4.20. The molecule has 0 spiro atoms. The molecule has 0 aliphatic carbocycles. The van der Waals surface area contributed by atoms with Crippen molar-refractivity contribution < 1.29 is 0 Å². The lowest BCUT2D eigenvalue weighted by molar-refractivity contribution is 0.786. The van der Waals surface area contributed by atoms with Crippen molar-refractivity contribution in [1.29, 1.82) is 0 Å². The van der Waals surface area contributed by atoms with Gasteiger partial charge in [0.15, 0.2) is 5.65 Å². The molecule has 0 saturated heterocycles. The Morgan fingerprint density at radius 3 is 2.92 bits per heavy atom. The summed E-state index contributed by atoms with van der Waals surface area (Å²) in [5.74, 6) is 0.417. The molecule has 0 atom stereocenters. The molecule has 3 nitrogen and oxygen atoms in total. The van der Waals surface area contributed by atoms with Gasteiger partial charge in [0.1, 0.15) is 0 Å². The molecule has 0 radical (unpaired) electrons. The molecule has 0 aliphatic heterocycles. The number of halogens is 1. The quantitative estimate of drug-likeness (QED) is 0.700. The fourth-order valence-corrected chi connectivity index (χ4v) is 1.30. The predicted octanol–water partition coefficient (Wildman–Crippen LogP) is 2.51. The highest BCUT2D eigenvalue weighted by Gasteiger charge is 2.05. The summed E-state index contributed by atoms with van der Waals surface area (Å²) in [6.07, 6.45) is 3.39. The van der Waals surface area contributed by atoms with Gasteiger partial charge < -0.3 is 0 Å². The lowest BCUT2D eigenvalue weighted by Crippen LogP contribution is -1.91. The first-order chi connectivity index (χ1) is 6.16. The van der Waals surface area contributed by atoms with Crippen molar-refractivity contribution in [3.63, 3.8) is 0 Å². The van der Waals surface area contributed by atoms with Gasteiger partial charge in [-0.2, -0.15) is 5.10 Å². The van der Waals surface area contributed by atoms with Gasteiger partial charge in [0.2, 0.25) is 0 Å². The second-order valence-corrected chi connectivity index (χ2v) is 3.74. The lowest BCUT2D eigenvalue weighted by atomic mass is 10.1. The summed E-state index contributed by atoms with van der Waals surface area (Å²) in [5.41, 5.74) is 1.88. The summed E-state index contributed by atoms with van der Waals surface area (Å²) in [7, 11) is 0. The molecular weight excluding hydrogens is 186 g/mol. The first kappa shape index (κ1) is 8.51. The van der Waals surface area contributed by atoms with E-state index in [1.807, 2.05) is 6.07 Å². The number of rotatable bonds is 1. The first-order valence-corrected chi connectivity index (χ1v) is 4.55. The molecule has 13 heavy (non-hydrogen) atoms. The largest absolute Gasteiger partial charge is 0.235 e. The molecule has 2 heterocycles. The van der Waals surface area contributed by atoms with Crippen LogP contribution in [0.1, 0.15) is 25.5 Å². The van der Waals surface area contributed by atoms with Crippen LogP contribution in [0.4, 0.5) is 0 Å². The number of fused-ring (bicyclic) bond motifs is 1. The molecule has 2 aromatic rings. The van der Waals surface area contributed by atoms with Gasteiger partial charge in [-0.15, -0.1) is 0 Å². The van der Waals surface area contributed by atoms with Crippen LogP contribution in [0.3, 0.4) is 0 Å². The van der Waals surface area contributed by atoms with Crippen molar-refractivity contribution in [3.05, 3.63) is 29.2 Å². The van der Waals surface area contributed by atoms with Crippen LogP contribution in [0.2, 0.25) is 5.02 Å². The van der Waals surface area contributed by atoms with E-state index >= 15 is 0 Å². The standard InChI is InChI=1S/C9H10ClN3/c1-6(2)8-3-9-11-4-7(10)5-13(9)12-8/h3-6H,1-2H3. The van der Waals surface area contributed by atoms with Gasteiger partial charge in [-0.3, -0.25) is 0 Å². The molecule has 0 bridgehead atoms. The van der Waals surface area contributed by atoms with Crippen LogP contribution >= 0.6 is 11.6 Å². The highest BCUT2D eigenvalue weighted by atomic mass is 35.5. The Morgan fingerprint density at radius 2 is 2.23 bits per heavy atom. The second-order valence-electron chi connectivity index (χ2n) is 3.30. The smallest absolute Gasteiger partial charge is 0.155 e. The van der Waals surface area contributed by atoms with E-state index in [2.05, 4.69) is 23.9 Å². The van der Waals surface area contributed by atoms with Crippen molar-refractivity contribution in [2.45, 2.75) is 19.8 Å². The number of nitrogens with zero attached hydrogens (tertiary/aromatic N) is 3. The van der Waals surface area contributed by atoms with Crippen molar-refractivity contribution in [3.8, 4) is 0 Å². The van der Waals surface area contributed by atoms with Crippen molar-refractivity contribution in [1.82, 2.24) is 14.6 Å². The van der Waals surface area contributed by atoms with E-state index in [9.17, 15) is 0 Å². The SMILES string of the molecule is CC(C)c1cc2ncc(Cl)cn2n1. The Balaban J connectivity index is 2.62. The molecule has 0 aromatic carbocycles. The van der Waals surface area contributed by atoms with Crippen molar-refractivity contribution >= 4 is 17.2 Å². The van der Waals surface area contributed by atoms with Crippen LogP contribution in [0.5, 0.6) is 0 Å². The van der Waals surface area contributed by atoms with Crippen LogP contribution in [-0.4, -0.2) is 14.6 Å². The fraction of sp³-hybridized carbons (Fsp3) is 0.333. The third-order valence-electron chi connectivity index (χ3n) is 1.89. The van der Waals surface area contributed by atoms with Crippen LogP contribution in [0.15, 0.2) is 18.5 Å². The summed E-state index contributed by atoms with van der Waals surface area (Å²) in [5, 5.41) is 4.95. The van der Waals surface area contributed by atoms with E-state index < -0.39 is 0 Å². The van der Waals surface area contributed by atoms with Gasteiger partial charge in [-0.25, -0.2) is 9.50 Å². The van der Waals surface area contributed by atoms with E-state index in [1.165, 1.54) is 0 Å². The molecule has 0 amide bonds. The van der Waals surface area contributed by atoms with Gasteiger partial charge in [0, 0.05) is 12.3 Å². The zero-order valence-electron chi connectivity index (χ0n) is 7.53. The van der Waals surface area contributed by atoms with Crippen LogP contribution in [-0.2, 0) is 0 Å². The fourth-order valence-electron chi connectivity index (χ4n) is 1.15. The average molecular weight is 196 g/mol. The third kappa shape index (κ3) is 1.52. The average Bonchev–Trinajstić information content (AvgIpc) is 2.46. The molecule has 68 valence electrons. The normalized spacial score (nSPS) is 11.4. The van der Waals surface area contributed by atoms with Gasteiger partial charge in [-0.1, -0.05) is 25.4 Å². The van der Waals surface area contributed by atoms with Crippen LogP contribution in [0, 0.1) is 0 Å². The van der Waals surface area contributed by atoms with Crippen molar-refractivity contribution in [2.75, 3.05) is 0 Å². The van der Waals surface area contributed by atoms with Gasteiger partial charge in [0.05, 0.1) is 16.9 Å². The summed E-state index contributed by atoms with van der Waals surface area (Å²) >= 11 is 5.78. The molecule has 2 aromatic heterocycles. The van der Waals surface area contributed by atoms with E-state index in [0.29, 0.717) is 10.9 Å². The minimum Gasteiger partial charge on any atom is -0.235 e. The summed E-state index contributed by atoms with van der Waals surface area (Å²) < 4.78 is 1.71. The minimum absolute atomic E-state index is 0.417. The molecular formula is C9H10ClN3. The molecule has 2 rings (SSSR count). The minimum atomic E-state index is 0.417. The van der Waals surface area contributed by atoms with E-state index in [-0.39, 0.29) is 0 Å². The van der Waals surface area contributed by atoms with Gasteiger partial charge >= 0.3 is 0 Å². The zero-order chi connectivity index (χ0) is 9.42. The van der Waals surface area contributed by atoms with Crippen LogP contribution in [0.25, 0.3) is 5.65 Å².